The number of halogens is 1. The van der Waals surface area contributed by atoms with Crippen LogP contribution in [0.15, 0.2) is 42.5 Å². The highest BCUT2D eigenvalue weighted by Gasteiger charge is 2.17. The number of nitro benzene ring substituents is 1. The number of ether oxygens (including phenoxy) is 1. The van der Waals surface area contributed by atoms with Crippen LogP contribution in [0.4, 0.5) is 5.69 Å². The summed E-state index contributed by atoms with van der Waals surface area (Å²) in [6.45, 7) is 3.97. The van der Waals surface area contributed by atoms with E-state index in [1.54, 1.807) is 6.92 Å². The molecule has 0 radical (unpaired) electrons. The number of non-ortho nitro benzene ring substituents is 1. The van der Waals surface area contributed by atoms with Gasteiger partial charge in [0.1, 0.15) is 5.75 Å². The van der Waals surface area contributed by atoms with Crippen LogP contribution in [0.3, 0.4) is 0 Å². The lowest BCUT2D eigenvalue weighted by Gasteiger charge is -2.15. The minimum atomic E-state index is -0.783. The van der Waals surface area contributed by atoms with Crippen LogP contribution in [0.25, 0.3) is 0 Å². The first-order valence-corrected chi connectivity index (χ1v) is 7.68. The zero-order valence-electron chi connectivity index (χ0n) is 13.3. The molecule has 0 saturated carbocycles. The van der Waals surface area contributed by atoms with Crippen LogP contribution in [0.1, 0.15) is 18.1 Å². The van der Waals surface area contributed by atoms with Gasteiger partial charge >= 0.3 is 0 Å². The Morgan fingerprint density at radius 3 is 2.54 bits per heavy atom. The van der Waals surface area contributed by atoms with Crippen molar-refractivity contribution in [2.75, 3.05) is 0 Å². The molecule has 7 heteroatoms. The molecule has 0 saturated heterocycles. The number of amides is 1. The first-order valence-electron chi connectivity index (χ1n) is 7.30. The van der Waals surface area contributed by atoms with Crippen molar-refractivity contribution in [1.82, 2.24) is 5.32 Å². The summed E-state index contributed by atoms with van der Waals surface area (Å²) in [6, 6.07) is 11.7. The molecule has 0 spiro atoms. The van der Waals surface area contributed by atoms with Crippen molar-refractivity contribution < 1.29 is 14.5 Å². The molecule has 0 aliphatic carbocycles. The highest BCUT2D eigenvalue weighted by atomic mass is 35.5. The summed E-state index contributed by atoms with van der Waals surface area (Å²) in [4.78, 5) is 22.2. The molecule has 0 fully saturated rings. The highest BCUT2D eigenvalue weighted by molar-refractivity contribution is 6.32. The molecule has 126 valence electrons. The Morgan fingerprint density at radius 1 is 1.29 bits per heavy atom. The second-order valence-electron chi connectivity index (χ2n) is 5.34. The molecule has 2 aromatic rings. The van der Waals surface area contributed by atoms with Gasteiger partial charge in [-0.25, -0.2) is 0 Å². The van der Waals surface area contributed by atoms with Crippen molar-refractivity contribution >= 4 is 23.2 Å². The highest BCUT2D eigenvalue weighted by Crippen LogP contribution is 2.29. The van der Waals surface area contributed by atoms with Gasteiger partial charge in [0.2, 0.25) is 0 Å². The Bertz CT molecular complexity index is 747. The number of nitrogens with one attached hydrogen (secondary N) is 1. The Labute approximate surface area is 144 Å². The molecular formula is C17H17ClN2O4. The number of hydrogen-bond donors (Lipinski definition) is 1. The van der Waals surface area contributed by atoms with Gasteiger partial charge in [0.15, 0.2) is 6.10 Å². The summed E-state index contributed by atoms with van der Waals surface area (Å²) in [7, 11) is 0. The first kappa shape index (κ1) is 17.7. The number of nitro groups is 1. The van der Waals surface area contributed by atoms with E-state index in [4.69, 9.17) is 16.3 Å². The number of benzene rings is 2. The summed E-state index contributed by atoms with van der Waals surface area (Å²) in [6.07, 6.45) is -0.783. The van der Waals surface area contributed by atoms with Crippen molar-refractivity contribution in [2.24, 2.45) is 0 Å². The SMILES string of the molecule is Cc1ccc(CNC(=O)[C@H](C)Oc2ccc([N+](=O)[O-])cc2Cl)cc1. The van der Waals surface area contributed by atoms with Crippen LogP contribution in [0.2, 0.25) is 5.02 Å². The van der Waals surface area contributed by atoms with Crippen LogP contribution < -0.4 is 10.1 Å². The van der Waals surface area contributed by atoms with Crippen LogP contribution in [-0.2, 0) is 11.3 Å². The quantitative estimate of drug-likeness (QED) is 0.638. The molecule has 0 bridgehead atoms. The number of nitrogens with zero attached hydrogens (tertiary/aromatic N) is 1. The van der Waals surface area contributed by atoms with Gasteiger partial charge in [-0.2, -0.15) is 0 Å². The Kier molecular flexibility index (Phi) is 5.76. The van der Waals surface area contributed by atoms with Crippen LogP contribution in [0, 0.1) is 17.0 Å². The van der Waals surface area contributed by atoms with E-state index in [-0.39, 0.29) is 22.4 Å². The zero-order chi connectivity index (χ0) is 17.7. The fourth-order valence-electron chi connectivity index (χ4n) is 1.98. The van der Waals surface area contributed by atoms with E-state index < -0.39 is 11.0 Å². The molecule has 1 amide bonds. The monoisotopic (exact) mass is 348 g/mol. The second kappa shape index (κ2) is 7.79. The third-order valence-corrected chi connectivity index (χ3v) is 3.68. The molecule has 0 unspecified atom stereocenters. The van der Waals surface area contributed by atoms with Crippen molar-refractivity contribution in [3.8, 4) is 5.75 Å². The largest absolute Gasteiger partial charge is 0.479 e. The number of carbonyl (C=O) groups is 1. The van der Waals surface area contributed by atoms with Gasteiger partial charge in [-0.3, -0.25) is 14.9 Å². The summed E-state index contributed by atoms with van der Waals surface area (Å²) in [5.74, 6) is -0.0785. The van der Waals surface area contributed by atoms with Gasteiger partial charge in [0.05, 0.1) is 9.95 Å². The van der Waals surface area contributed by atoms with E-state index in [2.05, 4.69) is 5.32 Å². The predicted molar refractivity (Wildman–Crippen MR) is 91.2 cm³/mol. The number of rotatable bonds is 6. The molecule has 24 heavy (non-hydrogen) atoms. The molecule has 2 aromatic carbocycles. The van der Waals surface area contributed by atoms with E-state index in [1.807, 2.05) is 31.2 Å². The van der Waals surface area contributed by atoms with Gasteiger partial charge < -0.3 is 10.1 Å². The normalized spacial score (nSPS) is 11.6. The lowest BCUT2D eigenvalue weighted by atomic mass is 10.1. The maximum absolute atomic E-state index is 12.1. The molecular weight excluding hydrogens is 332 g/mol. The zero-order valence-corrected chi connectivity index (χ0v) is 14.0. The fraction of sp³-hybridized carbons (Fsp3) is 0.235. The smallest absolute Gasteiger partial charge is 0.271 e. The van der Waals surface area contributed by atoms with Gasteiger partial charge in [0, 0.05) is 18.7 Å². The third-order valence-electron chi connectivity index (χ3n) is 3.39. The van der Waals surface area contributed by atoms with Gasteiger partial charge in [0.25, 0.3) is 11.6 Å². The van der Waals surface area contributed by atoms with Crippen molar-refractivity contribution in [3.05, 3.63) is 68.7 Å². The maximum Gasteiger partial charge on any atom is 0.271 e. The molecule has 0 aromatic heterocycles. The molecule has 0 heterocycles. The van der Waals surface area contributed by atoms with Crippen molar-refractivity contribution in [2.45, 2.75) is 26.5 Å². The van der Waals surface area contributed by atoms with Gasteiger partial charge in [-0.05, 0) is 25.5 Å². The molecule has 1 atom stereocenters. The number of aryl methyl sites for hydroxylation is 1. The van der Waals surface area contributed by atoms with Crippen LogP contribution in [-0.4, -0.2) is 16.9 Å². The lowest BCUT2D eigenvalue weighted by Crippen LogP contribution is -2.35. The molecule has 0 aliphatic rings. The molecule has 1 N–H and O–H groups in total. The van der Waals surface area contributed by atoms with E-state index >= 15 is 0 Å². The Morgan fingerprint density at radius 2 is 1.96 bits per heavy atom. The summed E-state index contributed by atoms with van der Waals surface area (Å²) >= 11 is 5.95. The van der Waals surface area contributed by atoms with E-state index in [1.165, 1.54) is 18.2 Å². The summed E-state index contributed by atoms with van der Waals surface area (Å²) < 4.78 is 5.48. The molecule has 0 aliphatic heterocycles. The van der Waals surface area contributed by atoms with Crippen molar-refractivity contribution in [3.63, 3.8) is 0 Å². The van der Waals surface area contributed by atoms with Crippen LogP contribution >= 0.6 is 11.6 Å². The van der Waals surface area contributed by atoms with Crippen molar-refractivity contribution in [1.29, 1.82) is 0 Å². The first-order chi connectivity index (χ1) is 11.4. The minimum absolute atomic E-state index is 0.0855. The summed E-state index contributed by atoms with van der Waals surface area (Å²) in [5, 5.41) is 13.5. The van der Waals surface area contributed by atoms with E-state index in [0.717, 1.165) is 11.1 Å². The number of hydrogen-bond acceptors (Lipinski definition) is 4. The van der Waals surface area contributed by atoms with E-state index in [9.17, 15) is 14.9 Å². The average molecular weight is 349 g/mol. The topological polar surface area (TPSA) is 81.5 Å². The van der Waals surface area contributed by atoms with Gasteiger partial charge in [-0.15, -0.1) is 0 Å². The fourth-order valence-corrected chi connectivity index (χ4v) is 2.20. The second-order valence-corrected chi connectivity index (χ2v) is 5.74. The van der Waals surface area contributed by atoms with E-state index in [0.29, 0.717) is 6.54 Å². The Balaban J connectivity index is 1.93. The Hall–Kier alpha value is -2.60. The third kappa shape index (κ3) is 4.70. The predicted octanol–water partition coefficient (Wildman–Crippen LogP) is 3.64. The standard InChI is InChI=1S/C17H17ClN2O4/c1-11-3-5-13(6-4-11)10-19-17(21)12(2)24-16-8-7-14(20(22)23)9-15(16)18/h3-9,12H,10H2,1-2H3,(H,19,21)/t12-/m0/s1. The van der Waals surface area contributed by atoms with Crippen LogP contribution in [0.5, 0.6) is 5.75 Å². The minimum Gasteiger partial charge on any atom is -0.479 e. The lowest BCUT2D eigenvalue weighted by molar-refractivity contribution is -0.384. The number of carbonyl (C=O) groups excluding carboxylic acids is 1. The van der Waals surface area contributed by atoms with Gasteiger partial charge in [-0.1, -0.05) is 41.4 Å². The average Bonchev–Trinajstić information content (AvgIpc) is 2.55. The maximum atomic E-state index is 12.1. The molecule has 6 nitrogen and oxygen atoms in total. The summed E-state index contributed by atoms with van der Waals surface area (Å²) in [5.41, 5.74) is 1.99. The molecule has 2 rings (SSSR count).